The molecule has 27 heavy (non-hydrogen) atoms. The third kappa shape index (κ3) is 5.67. The SMILES string of the molecule is CNc1cccc(C2CCN(CCCC(=O)C3=CCC=C(C)C=C3)CC2)c1. The summed E-state index contributed by atoms with van der Waals surface area (Å²) in [6.07, 6.45) is 13.1. The molecule has 0 unspecified atom stereocenters. The van der Waals surface area contributed by atoms with E-state index in [1.807, 2.05) is 19.2 Å². The Hall–Kier alpha value is -2.13. The number of anilines is 1. The fourth-order valence-electron chi connectivity index (χ4n) is 3.98. The predicted molar refractivity (Wildman–Crippen MR) is 114 cm³/mol. The highest BCUT2D eigenvalue weighted by atomic mass is 16.1. The second kappa shape index (κ2) is 9.70. The van der Waals surface area contributed by atoms with Crippen molar-refractivity contribution in [2.45, 2.75) is 44.9 Å². The van der Waals surface area contributed by atoms with Gasteiger partial charge in [0.1, 0.15) is 0 Å². The normalized spacial score (nSPS) is 18.6. The van der Waals surface area contributed by atoms with Gasteiger partial charge in [-0.25, -0.2) is 0 Å². The molecule has 0 radical (unpaired) electrons. The molecule has 1 saturated heterocycles. The van der Waals surface area contributed by atoms with Crippen LogP contribution >= 0.6 is 0 Å². The number of ketones is 1. The molecule has 0 amide bonds. The Morgan fingerprint density at radius 2 is 2.00 bits per heavy atom. The summed E-state index contributed by atoms with van der Waals surface area (Å²) in [4.78, 5) is 15.0. The van der Waals surface area contributed by atoms with E-state index < -0.39 is 0 Å². The van der Waals surface area contributed by atoms with Gasteiger partial charge in [0, 0.05) is 24.7 Å². The molecule has 3 rings (SSSR count). The summed E-state index contributed by atoms with van der Waals surface area (Å²) in [5.41, 5.74) is 4.76. The average molecular weight is 365 g/mol. The molecular formula is C24H32N2O. The molecule has 2 aliphatic rings. The molecule has 0 saturated carbocycles. The molecular weight excluding hydrogens is 332 g/mol. The molecule has 1 aromatic rings. The minimum atomic E-state index is 0.285. The van der Waals surface area contributed by atoms with E-state index in [-0.39, 0.29) is 5.78 Å². The Balaban J connectivity index is 1.40. The van der Waals surface area contributed by atoms with Crippen molar-refractivity contribution in [2.75, 3.05) is 32.0 Å². The van der Waals surface area contributed by atoms with Crippen LogP contribution in [0.4, 0.5) is 5.69 Å². The van der Waals surface area contributed by atoms with Gasteiger partial charge in [0.25, 0.3) is 0 Å². The molecule has 1 aromatic carbocycles. The predicted octanol–water partition coefficient (Wildman–Crippen LogP) is 5.09. The van der Waals surface area contributed by atoms with Crippen molar-refractivity contribution in [1.82, 2.24) is 4.90 Å². The van der Waals surface area contributed by atoms with Gasteiger partial charge in [-0.1, -0.05) is 42.0 Å². The second-order valence-corrected chi connectivity index (χ2v) is 7.69. The van der Waals surface area contributed by atoms with Gasteiger partial charge in [-0.3, -0.25) is 4.79 Å². The Labute approximate surface area is 163 Å². The van der Waals surface area contributed by atoms with Gasteiger partial charge >= 0.3 is 0 Å². The summed E-state index contributed by atoms with van der Waals surface area (Å²) in [6, 6.07) is 8.80. The Bertz CT molecular complexity index is 737. The van der Waals surface area contributed by atoms with Crippen LogP contribution in [0.5, 0.6) is 0 Å². The van der Waals surface area contributed by atoms with E-state index >= 15 is 0 Å². The number of piperidine rings is 1. The van der Waals surface area contributed by atoms with Crippen LogP contribution < -0.4 is 5.32 Å². The van der Waals surface area contributed by atoms with E-state index in [9.17, 15) is 4.79 Å². The molecule has 3 heteroatoms. The van der Waals surface area contributed by atoms with Gasteiger partial charge in [-0.2, -0.15) is 0 Å². The summed E-state index contributed by atoms with van der Waals surface area (Å²) in [5, 5.41) is 3.23. The van der Waals surface area contributed by atoms with Crippen LogP contribution in [0.15, 0.2) is 59.7 Å². The first-order chi connectivity index (χ1) is 13.2. The Morgan fingerprint density at radius 3 is 2.78 bits per heavy atom. The number of rotatable bonds is 7. The maximum Gasteiger partial charge on any atom is 0.162 e. The van der Waals surface area contributed by atoms with Crippen molar-refractivity contribution >= 4 is 11.5 Å². The number of nitrogens with one attached hydrogen (secondary N) is 1. The van der Waals surface area contributed by atoms with E-state index in [0.717, 1.165) is 38.0 Å². The van der Waals surface area contributed by atoms with E-state index in [1.54, 1.807) is 0 Å². The van der Waals surface area contributed by atoms with Crippen molar-refractivity contribution in [3.05, 3.63) is 65.3 Å². The van der Waals surface area contributed by atoms with Crippen LogP contribution in [0.1, 0.15) is 50.5 Å². The smallest absolute Gasteiger partial charge is 0.162 e. The van der Waals surface area contributed by atoms with Gasteiger partial charge in [0.15, 0.2) is 5.78 Å². The molecule has 1 aliphatic heterocycles. The second-order valence-electron chi connectivity index (χ2n) is 7.69. The molecule has 0 spiro atoms. The molecule has 0 aromatic heterocycles. The van der Waals surface area contributed by atoms with Crippen LogP contribution in [-0.2, 0) is 4.79 Å². The van der Waals surface area contributed by atoms with Crippen molar-refractivity contribution in [3.63, 3.8) is 0 Å². The summed E-state index contributed by atoms with van der Waals surface area (Å²) in [5.74, 6) is 0.946. The first-order valence-electron chi connectivity index (χ1n) is 10.2. The number of benzene rings is 1. The number of carbonyl (C=O) groups excluding carboxylic acids is 1. The molecule has 1 fully saturated rings. The minimum absolute atomic E-state index is 0.285. The number of likely N-dealkylation sites (tertiary alicyclic amines) is 1. The van der Waals surface area contributed by atoms with E-state index in [4.69, 9.17) is 0 Å². The summed E-state index contributed by atoms with van der Waals surface area (Å²) in [6.45, 7) is 5.38. The van der Waals surface area contributed by atoms with E-state index in [0.29, 0.717) is 12.3 Å². The van der Waals surface area contributed by atoms with Gasteiger partial charge in [-0.15, -0.1) is 0 Å². The molecule has 1 heterocycles. The van der Waals surface area contributed by atoms with Crippen molar-refractivity contribution in [3.8, 4) is 0 Å². The van der Waals surface area contributed by atoms with Crippen molar-refractivity contribution in [1.29, 1.82) is 0 Å². The molecule has 1 N–H and O–H groups in total. The Kier molecular flexibility index (Phi) is 7.05. The lowest BCUT2D eigenvalue weighted by Crippen LogP contribution is -2.33. The number of carbonyl (C=O) groups is 1. The average Bonchev–Trinajstić information content (AvgIpc) is 2.93. The lowest BCUT2D eigenvalue weighted by Gasteiger charge is -2.32. The highest BCUT2D eigenvalue weighted by Crippen LogP contribution is 2.29. The first kappa shape index (κ1) is 19.6. The zero-order chi connectivity index (χ0) is 19.1. The van der Waals surface area contributed by atoms with Crippen LogP contribution in [0, 0.1) is 0 Å². The molecule has 0 bridgehead atoms. The van der Waals surface area contributed by atoms with Gasteiger partial charge in [-0.05, 0) is 75.9 Å². The number of nitrogens with zero attached hydrogens (tertiary/aromatic N) is 1. The maximum atomic E-state index is 12.4. The Morgan fingerprint density at radius 1 is 1.19 bits per heavy atom. The number of allylic oxidation sites excluding steroid dienone is 6. The third-order valence-electron chi connectivity index (χ3n) is 5.74. The minimum Gasteiger partial charge on any atom is -0.388 e. The number of hydrogen-bond donors (Lipinski definition) is 1. The fraction of sp³-hybridized carbons (Fsp3) is 0.458. The van der Waals surface area contributed by atoms with Crippen molar-refractivity contribution < 1.29 is 4.79 Å². The topological polar surface area (TPSA) is 32.3 Å². The largest absolute Gasteiger partial charge is 0.388 e. The molecule has 3 nitrogen and oxygen atoms in total. The summed E-state index contributed by atoms with van der Waals surface area (Å²) < 4.78 is 0. The lowest BCUT2D eigenvalue weighted by molar-refractivity contribution is -0.115. The molecule has 144 valence electrons. The van der Waals surface area contributed by atoms with Gasteiger partial charge < -0.3 is 10.2 Å². The van der Waals surface area contributed by atoms with Crippen LogP contribution in [-0.4, -0.2) is 37.4 Å². The maximum absolute atomic E-state index is 12.4. The van der Waals surface area contributed by atoms with Crippen LogP contribution in [0.3, 0.4) is 0 Å². The quantitative estimate of drug-likeness (QED) is 0.731. The molecule has 1 aliphatic carbocycles. The zero-order valence-corrected chi connectivity index (χ0v) is 16.7. The van der Waals surface area contributed by atoms with Gasteiger partial charge in [0.05, 0.1) is 0 Å². The fourth-order valence-corrected chi connectivity index (χ4v) is 3.98. The standard InChI is InChI=1S/C24H32N2O/c1-19-6-3-7-21(12-11-19)24(27)10-5-15-26-16-13-20(14-17-26)22-8-4-9-23(18-22)25-2/h4,6-9,11-12,18,20,25H,3,5,10,13-17H2,1-2H3. The summed E-state index contributed by atoms with van der Waals surface area (Å²) >= 11 is 0. The van der Waals surface area contributed by atoms with E-state index in [2.05, 4.69) is 53.6 Å². The number of hydrogen-bond acceptors (Lipinski definition) is 3. The first-order valence-corrected chi connectivity index (χ1v) is 10.2. The molecule has 0 atom stereocenters. The summed E-state index contributed by atoms with van der Waals surface area (Å²) in [7, 11) is 1.97. The zero-order valence-electron chi connectivity index (χ0n) is 16.7. The van der Waals surface area contributed by atoms with Gasteiger partial charge in [0.2, 0.25) is 0 Å². The number of Topliss-reactive ketones (excluding diaryl/α,β-unsaturated/α-hetero) is 1. The highest BCUT2D eigenvalue weighted by molar-refractivity contribution is 5.98. The van der Waals surface area contributed by atoms with Crippen molar-refractivity contribution in [2.24, 2.45) is 0 Å². The third-order valence-corrected chi connectivity index (χ3v) is 5.74. The van der Waals surface area contributed by atoms with Crippen LogP contribution in [0.2, 0.25) is 0 Å². The van der Waals surface area contributed by atoms with Crippen LogP contribution in [0.25, 0.3) is 0 Å². The van der Waals surface area contributed by atoms with E-state index in [1.165, 1.54) is 29.7 Å². The highest BCUT2D eigenvalue weighted by Gasteiger charge is 2.20. The lowest BCUT2D eigenvalue weighted by atomic mass is 9.89. The monoisotopic (exact) mass is 364 g/mol.